The lowest BCUT2D eigenvalue weighted by molar-refractivity contribution is -0.121. The topological polar surface area (TPSA) is 76.3 Å². The Bertz CT molecular complexity index is 1150. The zero-order chi connectivity index (χ0) is 21.5. The van der Waals surface area contributed by atoms with Gasteiger partial charge in [0.15, 0.2) is 0 Å². The number of benzene rings is 2. The van der Waals surface area contributed by atoms with Gasteiger partial charge in [0, 0.05) is 26.2 Å². The lowest BCUT2D eigenvalue weighted by Crippen LogP contribution is -2.44. The Morgan fingerprint density at radius 1 is 1.00 bits per heavy atom. The molecule has 1 amide bonds. The molecule has 0 fully saturated rings. The summed E-state index contributed by atoms with van der Waals surface area (Å²) in [6.45, 7) is 5.56. The molecule has 3 rings (SSSR count). The van der Waals surface area contributed by atoms with Crippen LogP contribution >= 0.6 is 0 Å². The zero-order valence-corrected chi connectivity index (χ0v) is 17.1. The van der Waals surface area contributed by atoms with E-state index in [2.05, 4.69) is 28.9 Å². The van der Waals surface area contributed by atoms with Gasteiger partial charge in [-0.2, -0.15) is 0 Å². The van der Waals surface area contributed by atoms with E-state index in [4.69, 9.17) is 0 Å². The van der Waals surface area contributed by atoms with Crippen molar-refractivity contribution in [3.8, 4) is 0 Å². The number of carbonyl (C=O) groups is 1. The van der Waals surface area contributed by atoms with E-state index in [0.717, 1.165) is 6.54 Å². The maximum absolute atomic E-state index is 12.6. The Hall–Kier alpha value is -3.45. The average molecular weight is 406 g/mol. The maximum atomic E-state index is 12.6. The van der Waals surface area contributed by atoms with Gasteiger partial charge in [0.25, 0.3) is 0 Å². The van der Waals surface area contributed by atoms with Gasteiger partial charge in [-0.3, -0.25) is 23.5 Å². The van der Waals surface area contributed by atoms with Crippen molar-refractivity contribution in [3.63, 3.8) is 0 Å². The number of nitrogens with zero attached hydrogens (tertiary/aromatic N) is 3. The van der Waals surface area contributed by atoms with E-state index in [9.17, 15) is 14.4 Å². The first-order chi connectivity index (χ1) is 14.5. The van der Waals surface area contributed by atoms with Crippen LogP contribution in [0.2, 0.25) is 0 Å². The number of likely N-dealkylation sites (N-methyl/N-ethyl adjacent to an activating group) is 1. The molecule has 7 heteroatoms. The maximum Gasteiger partial charge on any atom is 0.317 e. The Kier molecular flexibility index (Phi) is 6.98. The summed E-state index contributed by atoms with van der Waals surface area (Å²) in [6.07, 6.45) is 1.57. The largest absolute Gasteiger partial charge is 0.353 e. The monoisotopic (exact) mass is 406 g/mol. The Balaban J connectivity index is 1.67. The minimum atomic E-state index is -0.716. The molecule has 0 saturated heterocycles. The van der Waals surface area contributed by atoms with E-state index in [1.165, 1.54) is 14.7 Å². The minimum absolute atomic E-state index is 0.202. The molecule has 3 aromatic rings. The third-order valence-electron chi connectivity index (χ3n) is 4.86. The lowest BCUT2D eigenvalue weighted by Gasteiger charge is -2.17. The first-order valence-corrected chi connectivity index (χ1v) is 9.83. The van der Waals surface area contributed by atoms with Crippen LogP contribution in [0.1, 0.15) is 5.56 Å². The second-order valence-electron chi connectivity index (χ2n) is 7.16. The molecule has 0 saturated carbocycles. The standard InChI is InChI=1S/C23H26N4O3/c1-3-14-26-19-11-7-8-12-20(19)27(23(30)22(26)29)17-21(28)24-13-15-25(2)16-18-9-5-4-6-10-18/h3-12H,1,13-17H2,2H3,(H,24,28). The van der Waals surface area contributed by atoms with Crippen LogP contribution in [-0.4, -0.2) is 40.1 Å². The summed E-state index contributed by atoms with van der Waals surface area (Å²) >= 11 is 0. The minimum Gasteiger partial charge on any atom is -0.353 e. The van der Waals surface area contributed by atoms with Gasteiger partial charge < -0.3 is 10.2 Å². The highest BCUT2D eigenvalue weighted by molar-refractivity contribution is 5.80. The molecule has 2 aromatic carbocycles. The molecular formula is C23H26N4O3. The fourth-order valence-electron chi connectivity index (χ4n) is 3.40. The van der Waals surface area contributed by atoms with Crippen LogP contribution in [0.3, 0.4) is 0 Å². The highest BCUT2D eigenvalue weighted by atomic mass is 16.2. The van der Waals surface area contributed by atoms with Crippen LogP contribution < -0.4 is 16.4 Å². The fourth-order valence-corrected chi connectivity index (χ4v) is 3.40. The summed E-state index contributed by atoms with van der Waals surface area (Å²) in [6, 6.07) is 17.1. The number of nitrogens with one attached hydrogen (secondary N) is 1. The van der Waals surface area contributed by atoms with Gasteiger partial charge in [-0.05, 0) is 24.7 Å². The number of fused-ring (bicyclic) bond motifs is 1. The van der Waals surface area contributed by atoms with E-state index in [1.54, 1.807) is 30.3 Å². The number of para-hydroxylation sites is 2. The third kappa shape index (κ3) is 4.93. The van der Waals surface area contributed by atoms with E-state index >= 15 is 0 Å². The number of allylic oxidation sites excluding steroid dienone is 1. The van der Waals surface area contributed by atoms with Crippen LogP contribution in [-0.2, 0) is 24.4 Å². The smallest absolute Gasteiger partial charge is 0.317 e. The fraction of sp³-hybridized carbons (Fsp3) is 0.261. The molecule has 0 bridgehead atoms. The van der Waals surface area contributed by atoms with Crippen LogP contribution in [0, 0.1) is 0 Å². The summed E-state index contributed by atoms with van der Waals surface area (Å²) in [4.78, 5) is 39.7. The number of amides is 1. The summed E-state index contributed by atoms with van der Waals surface area (Å²) in [7, 11) is 1.98. The van der Waals surface area contributed by atoms with Crippen LogP contribution in [0.15, 0.2) is 76.8 Å². The first-order valence-electron chi connectivity index (χ1n) is 9.83. The van der Waals surface area contributed by atoms with Gasteiger partial charge in [-0.1, -0.05) is 48.5 Å². The van der Waals surface area contributed by atoms with Gasteiger partial charge in [0.05, 0.1) is 11.0 Å². The lowest BCUT2D eigenvalue weighted by atomic mass is 10.2. The van der Waals surface area contributed by atoms with Crippen molar-refractivity contribution in [2.24, 2.45) is 0 Å². The van der Waals surface area contributed by atoms with Gasteiger partial charge in [0.1, 0.15) is 6.54 Å². The highest BCUT2D eigenvalue weighted by Crippen LogP contribution is 2.10. The van der Waals surface area contributed by atoms with Crippen molar-refractivity contribution in [1.82, 2.24) is 19.4 Å². The molecule has 7 nitrogen and oxygen atoms in total. The van der Waals surface area contributed by atoms with Crippen molar-refractivity contribution in [3.05, 3.63) is 93.5 Å². The van der Waals surface area contributed by atoms with Crippen molar-refractivity contribution in [2.75, 3.05) is 20.1 Å². The van der Waals surface area contributed by atoms with E-state index < -0.39 is 11.1 Å². The summed E-state index contributed by atoms with van der Waals surface area (Å²) in [5.41, 5.74) is 0.956. The molecule has 0 aliphatic heterocycles. The molecule has 0 aliphatic carbocycles. The number of hydrogen-bond acceptors (Lipinski definition) is 4. The predicted molar refractivity (Wildman–Crippen MR) is 118 cm³/mol. The van der Waals surface area contributed by atoms with Crippen LogP contribution in [0.5, 0.6) is 0 Å². The molecule has 30 heavy (non-hydrogen) atoms. The summed E-state index contributed by atoms with van der Waals surface area (Å²) < 4.78 is 2.61. The number of carbonyl (C=O) groups excluding carboxylic acids is 1. The van der Waals surface area contributed by atoms with Crippen molar-refractivity contribution in [2.45, 2.75) is 19.6 Å². The van der Waals surface area contributed by atoms with Crippen molar-refractivity contribution in [1.29, 1.82) is 0 Å². The third-order valence-corrected chi connectivity index (χ3v) is 4.86. The Morgan fingerprint density at radius 3 is 2.27 bits per heavy atom. The molecule has 0 atom stereocenters. The highest BCUT2D eigenvalue weighted by Gasteiger charge is 2.14. The Labute approximate surface area is 174 Å². The Morgan fingerprint density at radius 2 is 1.60 bits per heavy atom. The first kappa shape index (κ1) is 21.3. The molecule has 0 radical (unpaired) electrons. The quantitative estimate of drug-likeness (QED) is 0.433. The van der Waals surface area contributed by atoms with E-state index in [1.807, 2.05) is 25.2 Å². The van der Waals surface area contributed by atoms with Crippen LogP contribution in [0.4, 0.5) is 0 Å². The molecule has 0 aliphatic rings. The van der Waals surface area contributed by atoms with Crippen molar-refractivity contribution >= 4 is 16.9 Å². The second-order valence-corrected chi connectivity index (χ2v) is 7.16. The molecule has 0 spiro atoms. The van der Waals surface area contributed by atoms with Crippen molar-refractivity contribution < 1.29 is 4.79 Å². The SMILES string of the molecule is C=CCn1c(=O)c(=O)n(CC(=O)NCCN(C)Cc2ccccc2)c2ccccc21. The van der Waals surface area contributed by atoms with Gasteiger partial charge >= 0.3 is 11.1 Å². The molecule has 1 N–H and O–H groups in total. The van der Waals surface area contributed by atoms with E-state index in [0.29, 0.717) is 24.1 Å². The zero-order valence-electron chi connectivity index (χ0n) is 17.1. The normalized spacial score (nSPS) is 11.0. The van der Waals surface area contributed by atoms with Gasteiger partial charge in [0.2, 0.25) is 5.91 Å². The summed E-state index contributed by atoms with van der Waals surface area (Å²) in [5.74, 6) is -0.309. The number of aromatic nitrogens is 2. The molecular weight excluding hydrogens is 380 g/mol. The second kappa shape index (κ2) is 9.84. The van der Waals surface area contributed by atoms with Gasteiger partial charge in [-0.25, -0.2) is 0 Å². The number of hydrogen-bond donors (Lipinski definition) is 1. The molecule has 1 aromatic heterocycles. The molecule has 1 heterocycles. The molecule has 156 valence electrons. The number of rotatable bonds is 9. The summed E-state index contributed by atoms with van der Waals surface area (Å²) in [5, 5.41) is 2.83. The van der Waals surface area contributed by atoms with Gasteiger partial charge in [-0.15, -0.1) is 6.58 Å². The van der Waals surface area contributed by atoms with Crippen LogP contribution in [0.25, 0.3) is 11.0 Å². The molecule has 0 unspecified atom stereocenters. The predicted octanol–water partition coefficient (Wildman–Crippen LogP) is 1.60. The van der Waals surface area contributed by atoms with E-state index in [-0.39, 0.29) is 19.0 Å². The average Bonchev–Trinajstić information content (AvgIpc) is 2.75.